The quantitative estimate of drug-likeness (QED) is 0.827. The molecular weight excluding hydrogens is 326 g/mol. The third-order valence-corrected chi connectivity index (χ3v) is 4.47. The molecule has 0 saturated heterocycles. The highest BCUT2D eigenvalue weighted by atomic mass is 35.5. The van der Waals surface area contributed by atoms with E-state index in [4.69, 9.17) is 11.6 Å². The zero-order chi connectivity index (χ0) is 16.9. The fourth-order valence-corrected chi connectivity index (χ4v) is 2.90. The van der Waals surface area contributed by atoms with E-state index in [0.29, 0.717) is 10.7 Å². The third-order valence-electron chi connectivity index (χ3n) is 2.86. The van der Waals surface area contributed by atoms with Crippen LogP contribution in [0, 0.1) is 6.92 Å². The summed E-state index contributed by atoms with van der Waals surface area (Å²) in [5.41, 5.74) is 1.34. The predicted molar refractivity (Wildman–Crippen MR) is 90.0 cm³/mol. The summed E-state index contributed by atoms with van der Waals surface area (Å²) in [5, 5.41) is 5.79. The van der Waals surface area contributed by atoms with Crippen LogP contribution in [0.2, 0.25) is 5.02 Å². The average molecular weight is 348 g/mol. The summed E-state index contributed by atoms with van der Waals surface area (Å²) >= 11 is 6.05. The van der Waals surface area contributed by atoms with Gasteiger partial charge in [-0.15, -0.1) is 0 Å². The number of carbonyl (C=O) groups excluding carboxylic acids is 1. The number of nitrogens with one attached hydrogen (secondary N) is 2. The van der Waals surface area contributed by atoms with Gasteiger partial charge < -0.3 is 10.6 Å². The largest absolute Gasteiger partial charge is 0.336 e. The van der Waals surface area contributed by atoms with Crippen molar-refractivity contribution in [2.75, 3.05) is 23.7 Å². The lowest BCUT2D eigenvalue weighted by atomic mass is 10.2. The highest BCUT2D eigenvalue weighted by molar-refractivity contribution is 7.92. The highest BCUT2D eigenvalue weighted by Crippen LogP contribution is 2.24. The molecule has 0 aliphatic rings. The zero-order valence-corrected chi connectivity index (χ0v) is 14.8. The maximum absolute atomic E-state index is 11.9. The number of halogens is 1. The van der Waals surface area contributed by atoms with Gasteiger partial charge in [-0.05, 0) is 38.5 Å². The van der Waals surface area contributed by atoms with Crippen LogP contribution in [0.25, 0.3) is 0 Å². The Morgan fingerprint density at radius 1 is 1.36 bits per heavy atom. The number of anilines is 1. The first-order valence-corrected chi connectivity index (χ1v) is 9.12. The van der Waals surface area contributed by atoms with Crippen LogP contribution in [-0.4, -0.2) is 39.8 Å². The lowest BCUT2D eigenvalue weighted by Crippen LogP contribution is -2.43. The van der Waals surface area contributed by atoms with Crippen LogP contribution in [0.5, 0.6) is 0 Å². The van der Waals surface area contributed by atoms with Crippen LogP contribution in [0.15, 0.2) is 18.2 Å². The number of hydrogen-bond donors (Lipinski definition) is 2. The van der Waals surface area contributed by atoms with Gasteiger partial charge in [0.15, 0.2) is 0 Å². The fourth-order valence-electron chi connectivity index (χ4n) is 1.81. The van der Waals surface area contributed by atoms with Crippen LogP contribution in [0.4, 0.5) is 10.5 Å². The highest BCUT2D eigenvalue weighted by Gasteiger charge is 2.18. The SMILES string of the molecule is Cc1ccc(N(CCNC(=O)NC(C)C)S(C)(=O)=O)cc1Cl. The summed E-state index contributed by atoms with van der Waals surface area (Å²) in [6.45, 7) is 5.85. The molecule has 0 atom stereocenters. The topological polar surface area (TPSA) is 78.5 Å². The molecule has 0 radical (unpaired) electrons. The van der Waals surface area contributed by atoms with Crippen molar-refractivity contribution in [3.05, 3.63) is 28.8 Å². The Morgan fingerprint density at radius 3 is 2.50 bits per heavy atom. The molecule has 124 valence electrons. The molecule has 8 heteroatoms. The third kappa shape index (κ3) is 5.73. The van der Waals surface area contributed by atoms with Gasteiger partial charge in [-0.25, -0.2) is 13.2 Å². The van der Waals surface area contributed by atoms with Gasteiger partial charge in [0.2, 0.25) is 10.0 Å². The van der Waals surface area contributed by atoms with Crippen LogP contribution in [-0.2, 0) is 10.0 Å². The Morgan fingerprint density at radius 2 is 2.00 bits per heavy atom. The molecule has 2 N–H and O–H groups in total. The number of urea groups is 1. The summed E-state index contributed by atoms with van der Waals surface area (Å²) in [7, 11) is -3.47. The zero-order valence-electron chi connectivity index (χ0n) is 13.2. The second kappa shape index (κ2) is 7.69. The minimum Gasteiger partial charge on any atom is -0.336 e. The van der Waals surface area contributed by atoms with Gasteiger partial charge in [0.05, 0.1) is 18.5 Å². The smallest absolute Gasteiger partial charge is 0.315 e. The molecule has 0 unspecified atom stereocenters. The normalized spacial score (nSPS) is 11.4. The number of nitrogens with zero attached hydrogens (tertiary/aromatic N) is 1. The molecule has 0 bridgehead atoms. The standard InChI is InChI=1S/C14H22ClN3O3S/c1-10(2)17-14(19)16-7-8-18(22(4,20)21)12-6-5-11(3)13(15)9-12/h5-6,9-10H,7-8H2,1-4H3,(H2,16,17,19). The number of carbonyl (C=O) groups is 1. The van der Waals surface area contributed by atoms with Crippen LogP contribution in [0.3, 0.4) is 0 Å². The van der Waals surface area contributed by atoms with Gasteiger partial charge in [-0.3, -0.25) is 4.31 Å². The number of sulfonamides is 1. The first-order chi connectivity index (χ1) is 10.1. The van der Waals surface area contributed by atoms with Gasteiger partial charge in [0.1, 0.15) is 0 Å². The van der Waals surface area contributed by atoms with Crippen molar-refractivity contribution in [3.8, 4) is 0 Å². The molecule has 0 aliphatic heterocycles. The van der Waals surface area contributed by atoms with Gasteiger partial charge in [-0.2, -0.15) is 0 Å². The molecule has 0 saturated carbocycles. The first kappa shape index (κ1) is 18.6. The minimum absolute atomic E-state index is 0.0157. The molecule has 1 rings (SSSR count). The molecule has 0 fully saturated rings. The monoisotopic (exact) mass is 347 g/mol. The minimum atomic E-state index is -3.47. The van der Waals surface area contributed by atoms with Gasteiger partial charge in [-0.1, -0.05) is 17.7 Å². The Bertz CT molecular complexity index is 632. The molecule has 2 amide bonds. The molecular formula is C14H22ClN3O3S. The van der Waals surface area contributed by atoms with E-state index in [9.17, 15) is 13.2 Å². The van der Waals surface area contributed by atoms with E-state index < -0.39 is 10.0 Å². The van der Waals surface area contributed by atoms with Crippen LogP contribution >= 0.6 is 11.6 Å². The van der Waals surface area contributed by atoms with E-state index in [-0.39, 0.29) is 25.2 Å². The van der Waals surface area contributed by atoms with E-state index in [2.05, 4.69) is 10.6 Å². The summed E-state index contributed by atoms with van der Waals surface area (Å²) in [6, 6.07) is 4.74. The van der Waals surface area contributed by atoms with Gasteiger partial charge >= 0.3 is 6.03 Å². The first-order valence-electron chi connectivity index (χ1n) is 6.89. The Hall–Kier alpha value is -1.47. The Labute approximate surface area is 136 Å². The number of rotatable bonds is 6. The van der Waals surface area contributed by atoms with E-state index >= 15 is 0 Å². The maximum Gasteiger partial charge on any atom is 0.315 e. The average Bonchev–Trinajstić information content (AvgIpc) is 2.36. The molecule has 22 heavy (non-hydrogen) atoms. The molecule has 6 nitrogen and oxygen atoms in total. The van der Waals surface area contributed by atoms with Crippen LogP contribution in [0.1, 0.15) is 19.4 Å². The van der Waals surface area contributed by atoms with Crippen LogP contribution < -0.4 is 14.9 Å². The number of aryl methyl sites for hydroxylation is 1. The summed E-state index contributed by atoms with van der Waals surface area (Å²) in [5.74, 6) is 0. The molecule has 0 aliphatic carbocycles. The maximum atomic E-state index is 11.9. The summed E-state index contributed by atoms with van der Waals surface area (Å²) in [4.78, 5) is 11.5. The van der Waals surface area contributed by atoms with Gasteiger partial charge in [0, 0.05) is 17.6 Å². The number of hydrogen-bond acceptors (Lipinski definition) is 3. The van der Waals surface area contributed by atoms with E-state index in [0.717, 1.165) is 11.8 Å². The van der Waals surface area contributed by atoms with Crippen molar-refractivity contribution in [3.63, 3.8) is 0 Å². The Balaban J connectivity index is 2.79. The predicted octanol–water partition coefficient (Wildman–Crippen LogP) is 2.12. The fraction of sp³-hybridized carbons (Fsp3) is 0.500. The summed E-state index contributed by atoms with van der Waals surface area (Å²) in [6.07, 6.45) is 1.12. The number of benzene rings is 1. The van der Waals surface area contributed by atoms with E-state index in [1.165, 1.54) is 4.31 Å². The lowest BCUT2D eigenvalue weighted by molar-refractivity contribution is 0.239. The van der Waals surface area contributed by atoms with Crippen molar-refractivity contribution in [1.29, 1.82) is 0 Å². The molecule has 0 spiro atoms. The second-order valence-corrected chi connectivity index (χ2v) is 7.64. The second-order valence-electron chi connectivity index (χ2n) is 5.32. The van der Waals surface area contributed by atoms with Crippen molar-refractivity contribution < 1.29 is 13.2 Å². The molecule has 0 aromatic heterocycles. The molecule has 1 aromatic carbocycles. The molecule has 1 aromatic rings. The van der Waals surface area contributed by atoms with Crippen molar-refractivity contribution in [2.45, 2.75) is 26.8 Å². The lowest BCUT2D eigenvalue weighted by Gasteiger charge is -2.23. The van der Waals surface area contributed by atoms with E-state index in [1.807, 2.05) is 20.8 Å². The molecule has 0 heterocycles. The summed E-state index contributed by atoms with van der Waals surface area (Å²) < 4.78 is 25.1. The van der Waals surface area contributed by atoms with Crippen molar-refractivity contribution in [1.82, 2.24) is 10.6 Å². The van der Waals surface area contributed by atoms with Crippen molar-refractivity contribution >= 4 is 33.3 Å². The Kier molecular flexibility index (Phi) is 6.49. The van der Waals surface area contributed by atoms with Gasteiger partial charge in [0.25, 0.3) is 0 Å². The van der Waals surface area contributed by atoms with Crippen molar-refractivity contribution in [2.24, 2.45) is 0 Å². The van der Waals surface area contributed by atoms with E-state index in [1.54, 1.807) is 18.2 Å². The number of amides is 2.